The summed E-state index contributed by atoms with van der Waals surface area (Å²) in [5, 5.41) is 6.08. The van der Waals surface area contributed by atoms with Gasteiger partial charge >= 0.3 is 5.97 Å². The minimum absolute atomic E-state index is 0.0810. The first-order valence-corrected chi connectivity index (χ1v) is 5.21. The van der Waals surface area contributed by atoms with Gasteiger partial charge in [0.05, 0.1) is 13.5 Å². The number of piperidine rings is 1. The molecule has 15 heavy (non-hydrogen) atoms. The average molecular weight is 214 g/mol. The van der Waals surface area contributed by atoms with Crippen molar-refractivity contribution in [2.75, 3.05) is 13.7 Å². The van der Waals surface area contributed by atoms with E-state index < -0.39 is 0 Å². The standard InChI is InChI=1S/C10H18N2O3/c1-7(5-10(14)15-2)12-8-3-4-9(13)11-6-8/h7-8,12H,3-6H2,1-2H3,(H,11,13). The van der Waals surface area contributed by atoms with Gasteiger partial charge < -0.3 is 15.4 Å². The number of hydrogen-bond donors (Lipinski definition) is 2. The van der Waals surface area contributed by atoms with Gasteiger partial charge in [-0.2, -0.15) is 0 Å². The smallest absolute Gasteiger partial charge is 0.307 e. The van der Waals surface area contributed by atoms with Crippen LogP contribution < -0.4 is 10.6 Å². The highest BCUT2D eigenvalue weighted by Crippen LogP contribution is 2.05. The van der Waals surface area contributed by atoms with Gasteiger partial charge in [0.25, 0.3) is 0 Å². The topological polar surface area (TPSA) is 67.4 Å². The molecule has 0 radical (unpaired) electrons. The molecule has 1 fully saturated rings. The Kier molecular flexibility index (Phi) is 4.55. The second-order valence-corrected chi connectivity index (χ2v) is 3.89. The van der Waals surface area contributed by atoms with Crippen molar-refractivity contribution in [1.82, 2.24) is 10.6 Å². The van der Waals surface area contributed by atoms with E-state index in [9.17, 15) is 9.59 Å². The summed E-state index contributed by atoms with van der Waals surface area (Å²) in [4.78, 5) is 21.9. The van der Waals surface area contributed by atoms with E-state index in [0.717, 1.165) is 6.42 Å². The first kappa shape index (κ1) is 12.0. The Balaban J connectivity index is 2.23. The minimum atomic E-state index is -0.213. The Labute approximate surface area is 89.6 Å². The lowest BCUT2D eigenvalue weighted by Crippen LogP contribution is -2.48. The largest absolute Gasteiger partial charge is 0.469 e. The van der Waals surface area contributed by atoms with Gasteiger partial charge in [0.1, 0.15) is 0 Å². The van der Waals surface area contributed by atoms with Crippen molar-refractivity contribution in [3.63, 3.8) is 0 Å². The van der Waals surface area contributed by atoms with Gasteiger partial charge in [0.15, 0.2) is 0 Å². The second-order valence-electron chi connectivity index (χ2n) is 3.89. The SMILES string of the molecule is COC(=O)CC(C)NC1CCC(=O)NC1. The molecule has 0 aromatic carbocycles. The maximum Gasteiger partial charge on any atom is 0.307 e. The highest BCUT2D eigenvalue weighted by Gasteiger charge is 2.20. The molecule has 1 aliphatic heterocycles. The van der Waals surface area contributed by atoms with Crippen LogP contribution in [-0.4, -0.2) is 37.6 Å². The third kappa shape index (κ3) is 4.29. The minimum Gasteiger partial charge on any atom is -0.469 e. The zero-order valence-corrected chi connectivity index (χ0v) is 9.21. The molecular weight excluding hydrogens is 196 g/mol. The molecule has 1 heterocycles. The quantitative estimate of drug-likeness (QED) is 0.636. The van der Waals surface area contributed by atoms with Crippen LogP contribution in [0.2, 0.25) is 0 Å². The normalized spacial score (nSPS) is 23.1. The maximum atomic E-state index is 11.0. The van der Waals surface area contributed by atoms with Crippen molar-refractivity contribution in [3.8, 4) is 0 Å². The highest BCUT2D eigenvalue weighted by molar-refractivity contribution is 5.76. The molecule has 2 unspecified atom stereocenters. The van der Waals surface area contributed by atoms with Crippen molar-refractivity contribution in [2.24, 2.45) is 0 Å². The number of carbonyl (C=O) groups excluding carboxylic acids is 2. The van der Waals surface area contributed by atoms with Crippen LogP contribution in [0.15, 0.2) is 0 Å². The van der Waals surface area contributed by atoms with Crippen LogP contribution in [0.4, 0.5) is 0 Å². The molecule has 0 aromatic rings. The molecule has 1 saturated heterocycles. The average Bonchev–Trinajstić information content (AvgIpc) is 2.21. The number of ether oxygens (including phenoxy) is 1. The molecule has 1 aliphatic rings. The van der Waals surface area contributed by atoms with Crippen LogP contribution in [0.5, 0.6) is 0 Å². The molecule has 0 spiro atoms. The monoisotopic (exact) mass is 214 g/mol. The predicted molar refractivity (Wildman–Crippen MR) is 55.3 cm³/mol. The summed E-state index contributed by atoms with van der Waals surface area (Å²) in [6, 6.07) is 0.347. The number of amides is 1. The Morgan fingerprint density at radius 1 is 1.73 bits per heavy atom. The molecule has 1 rings (SSSR count). The van der Waals surface area contributed by atoms with Crippen molar-refractivity contribution in [3.05, 3.63) is 0 Å². The van der Waals surface area contributed by atoms with Crippen molar-refractivity contribution in [1.29, 1.82) is 0 Å². The summed E-state index contributed by atoms with van der Waals surface area (Å²) in [5.41, 5.74) is 0. The number of esters is 1. The molecular formula is C10H18N2O3. The summed E-state index contributed by atoms with van der Waals surface area (Å²) in [6.45, 7) is 2.58. The Morgan fingerprint density at radius 3 is 3.00 bits per heavy atom. The van der Waals surface area contributed by atoms with E-state index in [0.29, 0.717) is 19.4 Å². The molecule has 2 atom stereocenters. The van der Waals surface area contributed by atoms with Crippen molar-refractivity contribution >= 4 is 11.9 Å². The van der Waals surface area contributed by atoms with Crippen LogP contribution in [0.3, 0.4) is 0 Å². The van der Waals surface area contributed by atoms with Gasteiger partial charge in [-0.1, -0.05) is 0 Å². The van der Waals surface area contributed by atoms with Gasteiger partial charge in [-0.15, -0.1) is 0 Å². The summed E-state index contributed by atoms with van der Waals surface area (Å²) >= 11 is 0. The number of hydrogen-bond acceptors (Lipinski definition) is 4. The van der Waals surface area contributed by atoms with Gasteiger partial charge in [0.2, 0.25) is 5.91 Å². The molecule has 2 N–H and O–H groups in total. The number of nitrogens with one attached hydrogen (secondary N) is 2. The Morgan fingerprint density at radius 2 is 2.47 bits per heavy atom. The van der Waals surface area contributed by atoms with Gasteiger partial charge in [0, 0.05) is 25.0 Å². The maximum absolute atomic E-state index is 11.0. The van der Waals surface area contributed by atoms with Crippen LogP contribution in [0.25, 0.3) is 0 Å². The van der Waals surface area contributed by atoms with E-state index in [1.165, 1.54) is 7.11 Å². The van der Waals surface area contributed by atoms with Crippen molar-refractivity contribution in [2.45, 2.75) is 38.3 Å². The Hall–Kier alpha value is -1.10. The van der Waals surface area contributed by atoms with Crippen molar-refractivity contribution < 1.29 is 14.3 Å². The van der Waals surface area contributed by atoms with E-state index in [1.54, 1.807) is 0 Å². The fourth-order valence-electron chi connectivity index (χ4n) is 1.67. The first-order chi connectivity index (χ1) is 7.11. The molecule has 5 nitrogen and oxygen atoms in total. The molecule has 0 saturated carbocycles. The first-order valence-electron chi connectivity index (χ1n) is 5.21. The van der Waals surface area contributed by atoms with Crippen LogP contribution in [0, 0.1) is 0 Å². The number of rotatable bonds is 4. The highest BCUT2D eigenvalue weighted by atomic mass is 16.5. The summed E-state index contributed by atoms with van der Waals surface area (Å²) in [6.07, 6.45) is 1.75. The summed E-state index contributed by atoms with van der Waals surface area (Å²) in [7, 11) is 1.38. The lowest BCUT2D eigenvalue weighted by molar-refractivity contribution is -0.141. The van der Waals surface area contributed by atoms with E-state index in [1.807, 2.05) is 6.92 Å². The lowest BCUT2D eigenvalue weighted by Gasteiger charge is -2.26. The van der Waals surface area contributed by atoms with Crippen LogP contribution in [-0.2, 0) is 14.3 Å². The zero-order valence-electron chi connectivity index (χ0n) is 9.21. The third-order valence-electron chi connectivity index (χ3n) is 2.49. The number of carbonyl (C=O) groups is 2. The Bertz CT molecular complexity index is 233. The summed E-state index contributed by atoms with van der Waals surface area (Å²) in [5.74, 6) is -0.108. The van der Waals surface area contributed by atoms with E-state index in [-0.39, 0.29) is 24.0 Å². The zero-order chi connectivity index (χ0) is 11.3. The van der Waals surface area contributed by atoms with Crippen LogP contribution >= 0.6 is 0 Å². The molecule has 0 bridgehead atoms. The molecule has 1 amide bonds. The molecule has 0 aliphatic carbocycles. The molecule has 5 heteroatoms. The fraction of sp³-hybridized carbons (Fsp3) is 0.800. The van der Waals surface area contributed by atoms with Gasteiger partial charge in [-0.25, -0.2) is 0 Å². The predicted octanol–water partition coefficient (Wildman–Crippen LogP) is -0.194. The molecule has 0 aromatic heterocycles. The fourth-order valence-corrected chi connectivity index (χ4v) is 1.67. The van der Waals surface area contributed by atoms with Gasteiger partial charge in [-0.05, 0) is 13.3 Å². The number of methoxy groups -OCH3 is 1. The summed E-state index contributed by atoms with van der Waals surface area (Å²) < 4.78 is 4.58. The lowest BCUT2D eigenvalue weighted by atomic mass is 10.1. The van der Waals surface area contributed by atoms with E-state index in [2.05, 4.69) is 15.4 Å². The second kappa shape index (κ2) is 5.70. The van der Waals surface area contributed by atoms with E-state index in [4.69, 9.17) is 0 Å². The third-order valence-corrected chi connectivity index (χ3v) is 2.49. The molecule has 86 valence electrons. The van der Waals surface area contributed by atoms with E-state index >= 15 is 0 Å². The van der Waals surface area contributed by atoms with Gasteiger partial charge in [-0.3, -0.25) is 9.59 Å². The van der Waals surface area contributed by atoms with Crippen LogP contribution in [0.1, 0.15) is 26.2 Å².